The Hall–Kier alpha value is -0.540. The summed E-state index contributed by atoms with van der Waals surface area (Å²) in [5.74, 6) is 1.19. The Balaban J connectivity index is 2.14. The van der Waals surface area contributed by atoms with Crippen molar-refractivity contribution in [1.29, 1.82) is 0 Å². The zero-order chi connectivity index (χ0) is 10.8. The molecule has 1 saturated heterocycles. The van der Waals surface area contributed by atoms with Crippen LogP contribution in [-0.4, -0.2) is 29.3 Å². The van der Waals surface area contributed by atoms with E-state index in [1.165, 1.54) is 0 Å². The van der Waals surface area contributed by atoms with Gasteiger partial charge in [-0.05, 0) is 23.8 Å². The van der Waals surface area contributed by atoms with Crippen molar-refractivity contribution < 1.29 is 4.79 Å². The third-order valence-corrected chi connectivity index (χ3v) is 4.07. The SMILES string of the molecule is CC1CCN(C(=O)c2ccsc2)C1CCl. The fourth-order valence-electron chi connectivity index (χ4n) is 2.05. The number of amides is 1. The molecule has 1 aliphatic rings. The number of halogens is 1. The fraction of sp³-hybridized carbons (Fsp3) is 0.545. The second-order valence-electron chi connectivity index (χ2n) is 4.00. The van der Waals surface area contributed by atoms with E-state index in [-0.39, 0.29) is 11.9 Å². The van der Waals surface area contributed by atoms with Crippen LogP contribution in [0.4, 0.5) is 0 Å². The average molecular weight is 244 g/mol. The molecule has 1 aromatic rings. The van der Waals surface area contributed by atoms with Gasteiger partial charge in [0.05, 0.1) is 5.56 Å². The molecule has 4 heteroatoms. The summed E-state index contributed by atoms with van der Waals surface area (Å²) >= 11 is 7.47. The Morgan fingerprint density at radius 3 is 3.13 bits per heavy atom. The first-order valence-electron chi connectivity index (χ1n) is 5.13. The van der Waals surface area contributed by atoms with Crippen LogP contribution >= 0.6 is 22.9 Å². The van der Waals surface area contributed by atoms with Crippen LogP contribution in [0.2, 0.25) is 0 Å². The summed E-state index contributed by atoms with van der Waals surface area (Å²) in [7, 11) is 0. The molecule has 15 heavy (non-hydrogen) atoms. The molecule has 2 unspecified atom stereocenters. The Kier molecular flexibility index (Phi) is 3.32. The van der Waals surface area contributed by atoms with Crippen molar-refractivity contribution in [3.63, 3.8) is 0 Å². The van der Waals surface area contributed by atoms with Crippen molar-refractivity contribution in [3.8, 4) is 0 Å². The number of alkyl halides is 1. The number of likely N-dealkylation sites (tertiary alicyclic amines) is 1. The Bertz CT molecular complexity index is 338. The minimum absolute atomic E-state index is 0.131. The molecule has 1 fully saturated rings. The number of hydrogen-bond donors (Lipinski definition) is 0. The van der Waals surface area contributed by atoms with Gasteiger partial charge in [-0.25, -0.2) is 0 Å². The number of thiophene rings is 1. The molecule has 2 heterocycles. The molecule has 1 aromatic heterocycles. The van der Waals surface area contributed by atoms with Crippen LogP contribution in [0.25, 0.3) is 0 Å². The highest BCUT2D eigenvalue weighted by Crippen LogP contribution is 2.26. The first-order valence-corrected chi connectivity index (χ1v) is 6.61. The summed E-state index contributed by atoms with van der Waals surface area (Å²) in [4.78, 5) is 14.0. The molecule has 2 rings (SSSR count). The van der Waals surface area contributed by atoms with Gasteiger partial charge in [0.25, 0.3) is 5.91 Å². The van der Waals surface area contributed by atoms with Crippen LogP contribution in [0.3, 0.4) is 0 Å². The predicted octanol–water partition coefficient (Wildman–Crippen LogP) is 2.84. The monoisotopic (exact) mass is 243 g/mol. The van der Waals surface area contributed by atoms with E-state index in [0.717, 1.165) is 18.5 Å². The lowest BCUT2D eigenvalue weighted by Crippen LogP contribution is -2.38. The number of hydrogen-bond acceptors (Lipinski definition) is 2. The average Bonchev–Trinajstić information content (AvgIpc) is 2.85. The highest BCUT2D eigenvalue weighted by Gasteiger charge is 2.34. The van der Waals surface area contributed by atoms with E-state index in [0.29, 0.717) is 11.8 Å². The van der Waals surface area contributed by atoms with E-state index in [1.54, 1.807) is 11.3 Å². The number of nitrogens with zero attached hydrogens (tertiary/aromatic N) is 1. The molecule has 1 amide bonds. The molecular weight excluding hydrogens is 230 g/mol. The highest BCUT2D eigenvalue weighted by molar-refractivity contribution is 7.08. The topological polar surface area (TPSA) is 20.3 Å². The Morgan fingerprint density at radius 2 is 2.53 bits per heavy atom. The van der Waals surface area contributed by atoms with Gasteiger partial charge in [0.2, 0.25) is 0 Å². The molecule has 0 saturated carbocycles. The van der Waals surface area contributed by atoms with Gasteiger partial charge in [-0.1, -0.05) is 6.92 Å². The molecule has 2 nitrogen and oxygen atoms in total. The van der Waals surface area contributed by atoms with E-state index in [4.69, 9.17) is 11.6 Å². The van der Waals surface area contributed by atoms with E-state index in [2.05, 4.69) is 6.92 Å². The standard InChI is InChI=1S/C11H14ClNOS/c1-8-2-4-13(10(8)6-12)11(14)9-3-5-15-7-9/h3,5,7-8,10H,2,4,6H2,1H3. The third-order valence-electron chi connectivity index (χ3n) is 3.07. The molecule has 0 N–H and O–H groups in total. The van der Waals surface area contributed by atoms with Crippen LogP contribution in [0, 0.1) is 5.92 Å². The largest absolute Gasteiger partial charge is 0.334 e. The number of rotatable bonds is 2. The van der Waals surface area contributed by atoms with Gasteiger partial charge in [0.1, 0.15) is 0 Å². The molecule has 0 bridgehead atoms. The first kappa shape index (κ1) is 11.0. The van der Waals surface area contributed by atoms with Crippen molar-refractivity contribution in [2.24, 2.45) is 5.92 Å². The first-order chi connectivity index (χ1) is 7.24. The molecule has 82 valence electrons. The maximum atomic E-state index is 12.1. The van der Waals surface area contributed by atoms with Crippen LogP contribution < -0.4 is 0 Å². The molecule has 0 spiro atoms. The molecule has 1 aliphatic heterocycles. The second kappa shape index (κ2) is 4.54. The fourth-order valence-corrected chi connectivity index (χ4v) is 3.15. The van der Waals surface area contributed by atoms with Gasteiger partial charge in [-0.2, -0.15) is 11.3 Å². The lowest BCUT2D eigenvalue weighted by molar-refractivity contribution is 0.0737. The quantitative estimate of drug-likeness (QED) is 0.732. The zero-order valence-corrected chi connectivity index (χ0v) is 10.2. The van der Waals surface area contributed by atoms with Gasteiger partial charge in [-0.15, -0.1) is 11.6 Å². The zero-order valence-electron chi connectivity index (χ0n) is 8.65. The maximum Gasteiger partial charge on any atom is 0.254 e. The highest BCUT2D eigenvalue weighted by atomic mass is 35.5. The Labute approximate surface area is 98.8 Å². The van der Waals surface area contributed by atoms with Crippen molar-refractivity contribution in [2.45, 2.75) is 19.4 Å². The molecule has 0 aliphatic carbocycles. The summed E-state index contributed by atoms with van der Waals surface area (Å²) in [6.07, 6.45) is 1.06. The molecule has 0 aromatic carbocycles. The van der Waals surface area contributed by atoms with Crippen molar-refractivity contribution >= 4 is 28.8 Å². The molecule has 0 radical (unpaired) electrons. The Morgan fingerprint density at radius 1 is 1.73 bits per heavy atom. The smallest absolute Gasteiger partial charge is 0.254 e. The molecular formula is C11H14ClNOS. The maximum absolute atomic E-state index is 12.1. The molecule has 2 atom stereocenters. The van der Waals surface area contributed by atoms with Crippen LogP contribution in [0.1, 0.15) is 23.7 Å². The van der Waals surface area contributed by atoms with E-state index < -0.39 is 0 Å². The minimum Gasteiger partial charge on any atom is -0.334 e. The summed E-state index contributed by atoms with van der Waals surface area (Å²) in [6.45, 7) is 3.00. The van der Waals surface area contributed by atoms with Crippen molar-refractivity contribution in [1.82, 2.24) is 4.90 Å². The van der Waals surface area contributed by atoms with Gasteiger partial charge >= 0.3 is 0 Å². The van der Waals surface area contributed by atoms with Gasteiger partial charge in [0, 0.05) is 23.8 Å². The van der Waals surface area contributed by atoms with Crippen LogP contribution in [-0.2, 0) is 0 Å². The van der Waals surface area contributed by atoms with Gasteiger partial charge in [-0.3, -0.25) is 4.79 Å². The number of carbonyl (C=O) groups excluding carboxylic acids is 1. The summed E-state index contributed by atoms with van der Waals surface area (Å²) in [6, 6.07) is 2.08. The van der Waals surface area contributed by atoms with Crippen molar-refractivity contribution in [2.75, 3.05) is 12.4 Å². The summed E-state index contributed by atoms with van der Waals surface area (Å²) < 4.78 is 0. The second-order valence-corrected chi connectivity index (χ2v) is 5.09. The minimum atomic E-state index is 0.131. The predicted molar refractivity (Wildman–Crippen MR) is 63.6 cm³/mol. The van der Waals surface area contributed by atoms with Gasteiger partial charge in [0.15, 0.2) is 0 Å². The van der Waals surface area contributed by atoms with E-state index in [9.17, 15) is 4.79 Å². The lowest BCUT2D eigenvalue weighted by atomic mass is 10.0. The van der Waals surface area contributed by atoms with Crippen LogP contribution in [0.5, 0.6) is 0 Å². The van der Waals surface area contributed by atoms with Gasteiger partial charge < -0.3 is 4.90 Å². The number of carbonyl (C=O) groups is 1. The summed E-state index contributed by atoms with van der Waals surface area (Å²) in [5, 5.41) is 3.83. The summed E-state index contributed by atoms with van der Waals surface area (Å²) in [5.41, 5.74) is 0.796. The third kappa shape index (κ3) is 2.04. The van der Waals surface area contributed by atoms with Crippen molar-refractivity contribution in [3.05, 3.63) is 22.4 Å². The normalized spacial score (nSPS) is 25.9. The lowest BCUT2D eigenvalue weighted by Gasteiger charge is -2.24. The van der Waals surface area contributed by atoms with E-state index in [1.807, 2.05) is 21.7 Å². The van der Waals surface area contributed by atoms with E-state index >= 15 is 0 Å². The van der Waals surface area contributed by atoms with Crippen LogP contribution in [0.15, 0.2) is 16.8 Å².